The summed E-state index contributed by atoms with van der Waals surface area (Å²) in [6, 6.07) is 6.77. The largest absolute Gasteiger partial charge is 0.357 e. The van der Waals surface area contributed by atoms with E-state index in [-0.39, 0.29) is 11.9 Å². The summed E-state index contributed by atoms with van der Waals surface area (Å²) in [5.74, 6) is 0.516. The molecule has 0 saturated carbocycles. The van der Waals surface area contributed by atoms with Crippen LogP contribution in [-0.4, -0.2) is 43.0 Å². The maximum atomic E-state index is 13.5. The zero-order valence-electron chi connectivity index (χ0n) is 15.2. The van der Waals surface area contributed by atoms with Crippen LogP contribution in [0.2, 0.25) is 0 Å². The maximum absolute atomic E-state index is 13.5. The van der Waals surface area contributed by atoms with Crippen molar-refractivity contribution in [3.05, 3.63) is 51.7 Å². The van der Waals surface area contributed by atoms with Crippen LogP contribution in [0.4, 0.5) is 4.39 Å². The monoisotopic (exact) mass is 363 g/mol. The lowest BCUT2D eigenvalue weighted by molar-refractivity contribution is 0.297. The fourth-order valence-electron chi connectivity index (χ4n) is 2.47. The number of benzene rings is 1. The van der Waals surface area contributed by atoms with Crippen molar-refractivity contribution in [2.24, 2.45) is 4.99 Å². The van der Waals surface area contributed by atoms with E-state index in [9.17, 15) is 4.39 Å². The summed E-state index contributed by atoms with van der Waals surface area (Å²) in [6.45, 7) is 6.00. The molecule has 7 heteroatoms. The molecule has 2 N–H and O–H groups in total. The van der Waals surface area contributed by atoms with Crippen molar-refractivity contribution < 1.29 is 4.39 Å². The van der Waals surface area contributed by atoms with E-state index in [0.717, 1.165) is 23.1 Å². The lowest BCUT2D eigenvalue weighted by Crippen LogP contribution is -2.41. The number of hydrogen-bond acceptors (Lipinski definition) is 4. The van der Waals surface area contributed by atoms with Gasteiger partial charge in [0.15, 0.2) is 5.96 Å². The standard InChI is InChI=1S/C18H26FN5S/c1-5-20-18(23-12-17-21-10-13(2)25-17)22-11-16(24(3)4)14-7-6-8-15(19)9-14/h6-10,16H,5,11-12H2,1-4H3,(H2,20,22,23). The molecule has 1 atom stereocenters. The molecule has 2 rings (SSSR count). The molecule has 0 aliphatic carbocycles. The van der Waals surface area contributed by atoms with Crippen LogP contribution >= 0.6 is 11.3 Å². The number of aromatic nitrogens is 1. The molecule has 0 bridgehead atoms. The number of halogens is 1. The number of hydrogen-bond donors (Lipinski definition) is 2. The molecule has 0 radical (unpaired) electrons. The summed E-state index contributed by atoms with van der Waals surface area (Å²) < 4.78 is 13.5. The molecule has 0 fully saturated rings. The summed E-state index contributed by atoms with van der Waals surface area (Å²) in [7, 11) is 3.97. The highest BCUT2D eigenvalue weighted by molar-refractivity contribution is 7.11. The number of thiazole rings is 1. The van der Waals surface area contributed by atoms with Gasteiger partial charge in [0.05, 0.1) is 12.6 Å². The first-order chi connectivity index (χ1) is 12.0. The van der Waals surface area contributed by atoms with E-state index < -0.39 is 0 Å². The number of nitrogens with one attached hydrogen (secondary N) is 2. The molecule has 0 aliphatic heterocycles. The number of nitrogens with zero attached hydrogens (tertiary/aromatic N) is 3. The van der Waals surface area contributed by atoms with Crippen molar-refractivity contribution in [1.82, 2.24) is 20.5 Å². The number of rotatable bonds is 7. The first kappa shape index (κ1) is 19.3. The fourth-order valence-corrected chi connectivity index (χ4v) is 3.18. The highest BCUT2D eigenvalue weighted by Crippen LogP contribution is 2.18. The molecule has 25 heavy (non-hydrogen) atoms. The highest BCUT2D eigenvalue weighted by Gasteiger charge is 2.15. The third-order valence-corrected chi connectivity index (χ3v) is 4.60. The fraction of sp³-hybridized carbons (Fsp3) is 0.444. The zero-order chi connectivity index (χ0) is 18.2. The molecule has 5 nitrogen and oxygen atoms in total. The Morgan fingerprint density at radius 2 is 2.16 bits per heavy atom. The quantitative estimate of drug-likeness (QED) is 0.587. The number of aliphatic imine (C=N–C) groups is 1. The lowest BCUT2D eigenvalue weighted by Gasteiger charge is -2.26. The third-order valence-electron chi connectivity index (χ3n) is 3.71. The Hall–Kier alpha value is -1.99. The van der Waals surface area contributed by atoms with E-state index in [2.05, 4.69) is 25.5 Å². The molecule has 0 spiro atoms. The van der Waals surface area contributed by atoms with Crippen LogP contribution in [0, 0.1) is 12.7 Å². The normalized spacial score (nSPS) is 13.1. The zero-order valence-corrected chi connectivity index (χ0v) is 16.0. The summed E-state index contributed by atoms with van der Waals surface area (Å²) in [6.07, 6.45) is 1.86. The van der Waals surface area contributed by atoms with Gasteiger partial charge in [-0.25, -0.2) is 14.4 Å². The van der Waals surface area contributed by atoms with Gasteiger partial charge in [-0.15, -0.1) is 11.3 Å². The van der Waals surface area contributed by atoms with Gasteiger partial charge in [-0.1, -0.05) is 12.1 Å². The van der Waals surface area contributed by atoms with Crippen molar-refractivity contribution in [2.75, 3.05) is 27.2 Å². The second-order valence-corrected chi connectivity index (χ2v) is 7.29. The van der Waals surface area contributed by atoms with Crippen LogP contribution in [-0.2, 0) is 6.54 Å². The Morgan fingerprint density at radius 1 is 1.36 bits per heavy atom. The lowest BCUT2D eigenvalue weighted by atomic mass is 10.1. The molecule has 1 aromatic heterocycles. The van der Waals surface area contributed by atoms with E-state index in [4.69, 9.17) is 0 Å². The van der Waals surface area contributed by atoms with Crippen molar-refractivity contribution in [3.8, 4) is 0 Å². The third kappa shape index (κ3) is 6.10. The van der Waals surface area contributed by atoms with Gasteiger partial charge in [0.2, 0.25) is 0 Å². The molecule has 2 aromatic rings. The number of guanidine groups is 1. The summed E-state index contributed by atoms with van der Waals surface area (Å²) in [4.78, 5) is 12.2. The number of aryl methyl sites for hydroxylation is 1. The van der Waals surface area contributed by atoms with Gasteiger partial charge in [-0.3, -0.25) is 0 Å². The second-order valence-electron chi connectivity index (χ2n) is 5.98. The second kappa shape index (κ2) is 9.48. The van der Waals surface area contributed by atoms with Gasteiger partial charge >= 0.3 is 0 Å². The Bertz CT molecular complexity index is 698. The minimum Gasteiger partial charge on any atom is -0.357 e. The van der Waals surface area contributed by atoms with E-state index in [1.165, 1.54) is 10.9 Å². The molecule has 1 unspecified atom stereocenters. The predicted molar refractivity (Wildman–Crippen MR) is 102 cm³/mol. The van der Waals surface area contributed by atoms with Crippen LogP contribution in [0.3, 0.4) is 0 Å². The molecule has 0 aliphatic rings. The summed E-state index contributed by atoms with van der Waals surface area (Å²) in [5, 5.41) is 7.58. The smallest absolute Gasteiger partial charge is 0.191 e. The van der Waals surface area contributed by atoms with Crippen LogP contribution in [0.15, 0.2) is 35.5 Å². The molecule has 1 heterocycles. The Morgan fingerprint density at radius 3 is 2.76 bits per heavy atom. The summed E-state index contributed by atoms with van der Waals surface area (Å²) in [5.41, 5.74) is 0.934. The number of likely N-dealkylation sites (N-methyl/N-ethyl adjacent to an activating group) is 1. The van der Waals surface area contributed by atoms with E-state index >= 15 is 0 Å². The van der Waals surface area contributed by atoms with Gasteiger partial charge in [0, 0.05) is 24.2 Å². The van der Waals surface area contributed by atoms with Crippen molar-refractivity contribution in [1.29, 1.82) is 0 Å². The van der Waals surface area contributed by atoms with Gasteiger partial charge in [0.25, 0.3) is 0 Å². The van der Waals surface area contributed by atoms with Gasteiger partial charge in [0.1, 0.15) is 10.8 Å². The minimum absolute atomic E-state index is 0.0432. The van der Waals surface area contributed by atoms with Gasteiger partial charge < -0.3 is 15.5 Å². The average molecular weight is 364 g/mol. The molecule has 136 valence electrons. The van der Waals surface area contributed by atoms with Crippen molar-refractivity contribution >= 4 is 17.3 Å². The van der Waals surface area contributed by atoms with Crippen LogP contribution in [0.25, 0.3) is 0 Å². The topological polar surface area (TPSA) is 52.6 Å². The van der Waals surface area contributed by atoms with Gasteiger partial charge in [-0.05, 0) is 45.6 Å². The Labute approximate surface area is 153 Å². The molecule has 0 amide bonds. The molecular weight excluding hydrogens is 337 g/mol. The Kier molecular flexibility index (Phi) is 7.33. The van der Waals surface area contributed by atoms with E-state index in [1.54, 1.807) is 23.5 Å². The SMILES string of the molecule is CCNC(=NCc1ncc(C)s1)NCC(c1cccc(F)c1)N(C)C. The van der Waals surface area contributed by atoms with Crippen molar-refractivity contribution in [3.63, 3.8) is 0 Å². The highest BCUT2D eigenvalue weighted by atomic mass is 32.1. The molecular formula is C18H26FN5S. The van der Waals surface area contributed by atoms with E-state index in [0.29, 0.717) is 13.1 Å². The maximum Gasteiger partial charge on any atom is 0.191 e. The summed E-state index contributed by atoms with van der Waals surface area (Å²) >= 11 is 1.65. The molecule has 0 saturated heterocycles. The Balaban J connectivity index is 2.04. The van der Waals surface area contributed by atoms with Crippen molar-refractivity contribution in [2.45, 2.75) is 26.4 Å². The first-order valence-corrected chi connectivity index (χ1v) is 9.16. The van der Waals surface area contributed by atoms with Crippen LogP contribution in [0.5, 0.6) is 0 Å². The average Bonchev–Trinajstić information content (AvgIpc) is 2.98. The first-order valence-electron chi connectivity index (χ1n) is 8.35. The minimum atomic E-state index is -0.218. The van der Waals surface area contributed by atoms with Gasteiger partial charge in [-0.2, -0.15) is 0 Å². The van der Waals surface area contributed by atoms with E-state index in [1.807, 2.05) is 40.2 Å². The van der Waals surface area contributed by atoms with Crippen LogP contribution in [0.1, 0.15) is 28.4 Å². The molecule has 1 aromatic carbocycles. The van der Waals surface area contributed by atoms with Crippen LogP contribution < -0.4 is 10.6 Å². The predicted octanol–water partition coefficient (Wildman–Crippen LogP) is 2.95.